The number of hydrogen-bond acceptors (Lipinski definition) is 4. The Hall–Kier alpha value is -2.69. The molecule has 1 N–H and O–H groups in total. The highest BCUT2D eigenvalue weighted by Gasteiger charge is 2.22. The Labute approximate surface area is 122 Å². The zero-order valence-electron chi connectivity index (χ0n) is 11.5. The Kier molecular flexibility index (Phi) is 2.88. The maximum Gasteiger partial charge on any atom is 0.167 e. The molecule has 5 nitrogen and oxygen atoms in total. The van der Waals surface area contributed by atoms with Crippen LogP contribution in [0.3, 0.4) is 0 Å². The first-order valence-electron chi connectivity index (χ1n) is 7.08. The average molecular weight is 277 g/mol. The van der Waals surface area contributed by atoms with Gasteiger partial charge in [0.15, 0.2) is 5.65 Å². The van der Waals surface area contributed by atoms with Gasteiger partial charge in [-0.05, 0) is 24.5 Å². The number of nitrogens with zero attached hydrogens (tertiary/aromatic N) is 4. The van der Waals surface area contributed by atoms with E-state index in [1.54, 1.807) is 11.0 Å². The molecule has 104 valence electrons. The predicted octanol–water partition coefficient (Wildman–Crippen LogP) is 3.03. The highest BCUT2D eigenvalue weighted by atomic mass is 15.3. The number of anilines is 1. The monoisotopic (exact) mass is 277 g/mol. The normalized spacial score (nSPS) is 14.9. The molecule has 4 rings (SSSR count). The molecule has 0 aliphatic heterocycles. The van der Waals surface area contributed by atoms with Crippen LogP contribution in [-0.2, 0) is 0 Å². The molecule has 5 heteroatoms. The van der Waals surface area contributed by atoms with Gasteiger partial charge in [0.1, 0.15) is 12.1 Å². The fourth-order valence-corrected chi connectivity index (χ4v) is 2.23. The van der Waals surface area contributed by atoms with Crippen molar-refractivity contribution in [3.63, 3.8) is 0 Å². The first-order chi connectivity index (χ1) is 10.4. The summed E-state index contributed by atoms with van der Waals surface area (Å²) in [5.41, 5.74) is 1.95. The van der Waals surface area contributed by atoms with Gasteiger partial charge in [0.05, 0.1) is 11.6 Å². The third-order valence-electron chi connectivity index (χ3n) is 3.52. The van der Waals surface area contributed by atoms with Crippen LogP contribution in [0.4, 0.5) is 5.82 Å². The molecule has 1 fully saturated rings. The molecule has 3 aromatic rings. The van der Waals surface area contributed by atoms with Crippen LogP contribution in [0.15, 0.2) is 42.9 Å². The minimum atomic E-state index is 0.561. The van der Waals surface area contributed by atoms with E-state index in [1.165, 1.54) is 12.8 Å². The molecule has 0 saturated heterocycles. The van der Waals surface area contributed by atoms with Gasteiger partial charge in [0, 0.05) is 12.2 Å². The van der Waals surface area contributed by atoms with Gasteiger partial charge in [-0.15, -0.1) is 0 Å². The van der Waals surface area contributed by atoms with E-state index in [2.05, 4.69) is 32.5 Å². The number of rotatable bonds is 4. The standard InChI is InChI=1S/C16H15N5/c1-2-4-12(5-3-1)8-9-21-16-14(10-19-21)15(17-11-18-16)20-13-6-7-13/h1-5,8-11,13H,6-7H2,(H,17,18,20). The van der Waals surface area contributed by atoms with Crippen molar-refractivity contribution < 1.29 is 0 Å². The van der Waals surface area contributed by atoms with Crippen molar-refractivity contribution in [3.05, 3.63) is 48.4 Å². The van der Waals surface area contributed by atoms with Crippen LogP contribution in [0, 0.1) is 0 Å². The van der Waals surface area contributed by atoms with Crippen LogP contribution < -0.4 is 5.32 Å². The van der Waals surface area contributed by atoms with Gasteiger partial charge in [-0.3, -0.25) is 0 Å². The predicted molar refractivity (Wildman–Crippen MR) is 83.6 cm³/mol. The first kappa shape index (κ1) is 12.1. The zero-order chi connectivity index (χ0) is 14.1. The lowest BCUT2D eigenvalue weighted by molar-refractivity contribution is 0.949. The summed E-state index contributed by atoms with van der Waals surface area (Å²) in [4.78, 5) is 8.66. The molecule has 0 unspecified atom stereocenters. The van der Waals surface area contributed by atoms with Gasteiger partial charge < -0.3 is 5.32 Å². The summed E-state index contributed by atoms with van der Waals surface area (Å²) < 4.78 is 1.78. The SMILES string of the molecule is C(=Cn1ncc2c(NC3CC3)ncnc21)c1ccccc1. The van der Waals surface area contributed by atoms with E-state index < -0.39 is 0 Å². The van der Waals surface area contributed by atoms with Crippen LogP contribution in [0.25, 0.3) is 23.3 Å². The number of benzene rings is 1. The van der Waals surface area contributed by atoms with Crippen molar-refractivity contribution in [3.8, 4) is 0 Å². The fourth-order valence-electron chi connectivity index (χ4n) is 2.23. The topological polar surface area (TPSA) is 55.6 Å². The summed E-state index contributed by atoms with van der Waals surface area (Å²) >= 11 is 0. The Balaban J connectivity index is 1.68. The van der Waals surface area contributed by atoms with Crippen LogP contribution in [0.1, 0.15) is 18.4 Å². The Morgan fingerprint density at radius 1 is 1.14 bits per heavy atom. The summed E-state index contributed by atoms with van der Waals surface area (Å²) in [7, 11) is 0. The van der Waals surface area contributed by atoms with Gasteiger partial charge >= 0.3 is 0 Å². The molecular formula is C16H15N5. The quantitative estimate of drug-likeness (QED) is 0.796. The molecule has 1 saturated carbocycles. The number of fused-ring (bicyclic) bond motifs is 1. The van der Waals surface area contributed by atoms with E-state index in [0.29, 0.717) is 6.04 Å². The Bertz CT molecular complexity index is 787. The van der Waals surface area contributed by atoms with E-state index in [0.717, 1.165) is 22.4 Å². The lowest BCUT2D eigenvalue weighted by Crippen LogP contribution is -2.03. The molecule has 0 bridgehead atoms. The second-order valence-electron chi connectivity index (χ2n) is 5.19. The van der Waals surface area contributed by atoms with Crippen molar-refractivity contribution in [2.75, 3.05) is 5.32 Å². The largest absolute Gasteiger partial charge is 0.367 e. The van der Waals surface area contributed by atoms with Gasteiger partial charge in [-0.25, -0.2) is 14.6 Å². The molecule has 0 spiro atoms. The summed E-state index contributed by atoms with van der Waals surface area (Å²) in [6.07, 6.45) is 9.77. The fraction of sp³-hybridized carbons (Fsp3) is 0.188. The lowest BCUT2D eigenvalue weighted by Gasteiger charge is -2.03. The molecule has 1 aliphatic rings. The lowest BCUT2D eigenvalue weighted by atomic mass is 10.2. The zero-order valence-corrected chi connectivity index (χ0v) is 11.5. The molecule has 0 radical (unpaired) electrons. The van der Waals surface area contributed by atoms with E-state index in [9.17, 15) is 0 Å². The smallest absolute Gasteiger partial charge is 0.167 e. The molecule has 0 amide bonds. The summed E-state index contributed by atoms with van der Waals surface area (Å²) in [5, 5.41) is 8.76. The second-order valence-corrected chi connectivity index (χ2v) is 5.19. The maximum atomic E-state index is 4.39. The molecule has 1 aliphatic carbocycles. The van der Waals surface area contributed by atoms with Gasteiger partial charge in [0.25, 0.3) is 0 Å². The molecule has 21 heavy (non-hydrogen) atoms. The molecular weight excluding hydrogens is 262 g/mol. The van der Waals surface area contributed by atoms with Crippen LogP contribution in [-0.4, -0.2) is 25.8 Å². The van der Waals surface area contributed by atoms with Crippen molar-refractivity contribution in [1.82, 2.24) is 19.7 Å². The number of nitrogens with one attached hydrogen (secondary N) is 1. The maximum absolute atomic E-state index is 4.39. The minimum Gasteiger partial charge on any atom is -0.367 e. The van der Waals surface area contributed by atoms with Crippen molar-refractivity contribution in [2.45, 2.75) is 18.9 Å². The van der Waals surface area contributed by atoms with E-state index >= 15 is 0 Å². The first-order valence-corrected chi connectivity index (χ1v) is 7.08. The summed E-state index contributed by atoms with van der Waals surface area (Å²) in [6, 6.07) is 10.7. The Morgan fingerprint density at radius 2 is 2.00 bits per heavy atom. The van der Waals surface area contributed by atoms with Crippen LogP contribution in [0.5, 0.6) is 0 Å². The highest BCUT2D eigenvalue weighted by molar-refractivity contribution is 5.87. The second kappa shape index (κ2) is 5.01. The number of hydrogen-bond donors (Lipinski definition) is 1. The molecule has 2 heterocycles. The van der Waals surface area contributed by atoms with Gasteiger partial charge in [-0.2, -0.15) is 5.10 Å². The number of aromatic nitrogens is 4. The highest BCUT2D eigenvalue weighted by Crippen LogP contribution is 2.27. The summed E-state index contributed by atoms with van der Waals surface area (Å²) in [5.74, 6) is 0.877. The molecule has 0 atom stereocenters. The van der Waals surface area contributed by atoms with Crippen LogP contribution >= 0.6 is 0 Å². The van der Waals surface area contributed by atoms with Gasteiger partial charge in [0.2, 0.25) is 0 Å². The van der Waals surface area contributed by atoms with Crippen molar-refractivity contribution >= 4 is 29.1 Å². The van der Waals surface area contributed by atoms with Crippen molar-refractivity contribution in [1.29, 1.82) is 0 Å². The third-order valence-corrected chi connectivity index (χ3v) is 3.52. The molecule has 2 aromatic heterocycles. The van der Waals surface area contributed by atoms with E-state index in [4.69, 9.17) is 0 Å². The average Bonchev–Trinajstić information content (AvgIpc) is 3.24. The summed E-state index contributed by atoms with van der Waals surface area (Å²) in [6.45, 7) is 0. The van der Waals surface area contributed by atoms with Crippen molar-refractivity contribution in [2.24, 2.45) is 0 Å². The third kappa shape index (κ3) is 2.50. The van der Waals surface area contributed by atoms with E-state index in [-0.39, 0.29) is 0 Å². The van der Waals surface area contributed by atoms with E-state index in [1.807, 2.05) is 36.7 Å². The Morgan fingerprint density at radius 3 is 2.81 bits per heavy atom. The minimum absolute atomic E-state index is 0.561. The van der Waals surface area contributed by atoms with Crippen LogP contribution in [0.2, 0.25) is 0 Å². The van der Waals surface area contributed by atoms with Gasteiger partial charge in [-0.1, -0.05) is 30.3 Å². The molecule has 1 aromatic carbocycles.